The van der Waals surface area contributed by atoms with Crippen LogP contribution >= 0.6 is 15.9 Å². The van der Waals surface area contributed by atoms with Crippen molar-refractivity contribution in [3.8, 4) is 0 Å². The molecule has 28 heavy (non-hydrogen) atoms. The molecule has 0 bridgehead atoms. The average Bonchev–Trinajstić information content (AvgIpc) is 3.08. The van der Waals surface area contributed by atoms with Crippen LogP contribution in [-0.2, 0) is 17.8 Å². The van der Waals surface area contributed by atoms with E-state index in [4.69, 9.17) is 0 Å². The van der Waals surface area contributed by atoms with E-state index in [2.05, 4.69) is 36.9 Å². The van der Waals surface area contributed by atoms with Crippen molar-refractivity contribution in [2.45, 2.75) is 26.3 Å². The first-order chi connectivity index (χ1) is 13.5. The monoisotopic (exact) mass is 443 g/mol. The smallest absolute Gasteiger partial charge is 0.319 e. The number of hydrogen-bond donors (Lipinski definition) is 3. The van der Waals surface area contributed by atoms with Crippen molar-refractivity contribution in [3.63, 3.8) is 0 Å². The van der Waals surface area contributed by atoms with Gasteiger partial charge in [-0.05, 0) is 52.2 Å². The normalized spacial score (nSPS) is 10.6. The third-order valence-corrected chi connectivity index (χ3v) is 4.51. The minimum atomic E-state index is -0.230. The highest BCUT2D eigenvalue weighted by atomic mass is 79.9. The van der Waals surface area contributed by atoms with Gasteiger partial charge in [0.25, 0.3) is 0 Å². The van der Waals surface area contributed by atoms with Crippen LogP contribution in [0.15, 0.2) is 53.3 Å². The highest BCUT2D eigenvalue weighted by Gasteiger charge is 2.07. The summed E-state index contributed by atoms with van der Waals surface area (Å²) in [5, 5.41) is 8.39. The van der Waals surface area contributed by atoms with E-state index >= 15 is 0 Å². The molecule has 0 radical (unpaired) electrons. The Bertz CT molecular complexity index is 968. The number of nitrogens with zero attached hydrogens (tertiary/aromatic N) is 2. The number of anilines is 1. The third-order valence-electron chi connectivity index (χ3n) is 4.04. The van der Waals surface area contributed by atoms with Gasteiger partial charge in [-0.1, -0.05) is 19.1 Å². The van der Waals surface area contributed by atoms with Crippen LogP contribution in [0.3, 0.4) is 0 Å². The topological polar surface area (TPSA) is 87.5 Å². The van der Waals surface area contributed by atoms with Crippen LogP contribution < -0.4 is 16.0 Å². The number of nitrogens with one attached hydrogen (secondary N) is 3. The molecule has 0 atom stereocenters. The molecule has 0 fully saturated rings. The van der Waals surface area contributed by atoms with E-state index in [9.17, 15) is 9.59 Å². The zero-order valence-corrected chi connectivity index (χ0v) is 17.1. The molecule has 0 unspecified atom stereocenters. The zero-order valence-electron chi connectivity index (χ0n) is 15.5. The van der Waals surface area contributed by atoms with E-state index in [1.807, 2.05) is 48.0 Å². The summed E-state index contributed by atoms with van der Waals surface area (Å²) in [5.74, 6) is -0.0837. The Kier molecular flexibility index (Phi) is 6.65. The summed E-state index contributed by atoms with van der Waals surface area (Å²) >= 11 is 3.42. The van der Waals surface area contributed by atoms with Crippen LogP contribution in [0.4, 0.5) is 10.5 Å². The second kappa shape index (κ2) is 9.36. The lowest BCUT2D eigenvalue weighted by Gasteiger charge is -2.08. The van der Waals surface area contributed by atoms with Gasteiger partial charge in [-0.2, -0.15) is 0 Å². The number of amides is 3. The van der Waals surface area contributed by atoms with Crippen molar-refractivity contribution >= 4 is 39.2 Å². The number of carbonyl (C=O) groups excluding carboxylic acids is 2. The predicted molar refractivity (Wildman–Crippen MR) is 112 cm³/mol. The molecule has 146 valence electrons. The van der Waals surface area contributed by atoms with E-state index < -0.39 is 0 Å². The first kappa shape index (κ1) is 19.9. The quantitative estimate of drug-likeness (QED) is 0.522. The molecule has 3 N–H and O–H groups in total. The van der Waals surface area contributed by atoms with Crippen LogP contribution in [0, 0.1) is 0 Å². The van der Waals surface area contributed by atoms with Crippen LogP contribution in [0.1, 0.15) is 24.6 Å². The largest absolute Gasteiger partial charge is 0.350 e. The molecule has 0 aliphatic heterocycles. The van der Waals surface area contributed by atoms with Gasteiger partial charge in [-0.15, -0.1) is 0 Å². The Balaban J connectivity index is 1.49. The standard InChI is InChI=1S/C20H22BrN5O2/c1-2-9-22-20(28)25-16-6-3-14(4-7-16)10-19(27)23-11-17-13-26-12-15(21)5-8-18(26)24-17/h3-8,12-13H,2,9-11H2,1H3,(H,23,27)(H2,22,25,28). The molecule has 0 saturated carbocycles. The van der Waals surface area contributed by atoms with Crippen LogP contribution in [-0.4, -0.2) is 27.9 Å². The van der Waals surface area contributed by atoms with Crippen molar-refractivity contribution < 1.29 is 9.59 Å². The van der Waals surface area contributed by atoms with E-state index in [-0.39, 0.29) is 18.4 Å². The van der Waals surface area contributed by atoms with Crippen molar-refractivity contribution in [2.24, 2.45) is 0 Å². The Morgan fingerprint density at radius 1 is 1.07 bits per heavy atom. The second-order valence-corrected chi connectivity index (χ2v) is 7.29. The lowest BCUT2D eigenvalue weighted by atomic mass is 10.1. The molecule has 0 aliphatic rings. The van der Waals surface area contributed by atoms with Gasteiger partial charge in [0.15, 0.2) is 0 Å². The lowest BCUT2D eigenvalue weighted by Crippen LogP contribution is -2.29. The maximum Gasteiger partial charge on any atom is 0.319 e. The van der Waals surface area contributed by atoms with Crippen molar-refractivity contribution in [1.29, 1.82) is 0 Å². The summed E-state index contributed by atoms with van der Waals surface area (Å²) in [5.41, 5.74) is 3.19. The highest BCUT2D eigenvalue weighted by molar-refractivity contribution is 9.10. The van der Waals surface area contributed by atoms with E-state index in [0.29, 0.717) is 18.8 Å². The summed E-state index contributed by atoms with van der Waals surface area (Å²) in [6.45, 7) is 3.00. The van der Waals surface area contributed by atoms with Crippen LogP contribution in [0.25, 0.3) is 5.65 Å². The molecular weight excluding hydrogens is 422 g/mol. The molecule has 0 spiro atoms. The number of benzene rings is 1. The van der Waals surface area contributed by atoms with Gasteiger partial charge in [-0.25, -0.2) is 9.78 Å². The van der Waals surface area contributed by atoms with Gasteiger partial charge in [-0.3, -0.25) is 4.79 Å². The van der Waals surface area contributed by atoms with E-state index in [1.54, 1.807) is 12.1 Å². The van der Waals surface area contributed by atoms with Gasteiger partial charge in [0.2, 0.25) is 5.91 Å². The number of carbonyl (C=O) groups is 2. The predicted octanol–water partition coefficient (Wildman–Crippen LogP) is 3.49. The van der Waals surface area contributed by atoms with E-state index in [0.717, 1.165) is 27.8 Å². The molecule has 2 heterocycles. The zero-order chi connectivity index (χ0) is 19.9. The summed E-state index contributed by atoms with van der Waals surface area (Å²) in [6, 6.07) is 10.8. The molecule has 3 amide bonds. The van der Waals surface area contributed by atoms with Crippen molar-refractivity contribution in [1.82, 2.24) is 20.0 Å². The summed E-state index contributed by atoms with van der Waals surface area (Å²) in [6.07, 6.45) is 4.96. The maximum atomic E-state index is 12.2. The third kappa shape index (κ3) is 5.56. The number of halogens is 1. The highest BCUT2D eigenvalue weighted by Crippen LogP contribution is 2.13. The summed E-state index contributed by atoms with van der Waals surface area (Å²) in [4.78, 5) is 28.3. The Labute approximate surface area is 171 Å². The summed E-state index contributed by atoms with van der Waals surface area (Å²) < 4.78 is 2.88. The molecule has 7 nitrogen and oxygen atoms in total. The molecule has 1 aromatic carbocycles. The number of pyridine rings is 1. The number of rotatable bonds is 7. The Morgan fingerprint density at radius 3 is 2.61 bits per heavy atom. The summed E-state index contributed by atoms with van der Waals surface area (Å²) in [7, 11) is 0. The fraction of sp³-hybridized carbons (Fsp3) is 0.250. The van der Waals surface area contributed by atoms with E-state index in [1.165, 1.54) is 0 Å². The maximum absolute atomic E-state index is 12.2. The first-order valence-electron chi connectivity index (χ1n) is 9.07. The molecule has 3 aromatic rings. The fourth-order valence-electron chi connectivity index (χ4n) is 2.66. The second-order valence-electron chi connectivity index (χ2n) is 6.38. The molecule has 0 saturated heterocycles. The van der Waals surface area contributed by atoms with Crippen molar-refractivity contribution in [3.05, 3.63) is 64.5 Å². The van der Waals surface area contributed by atoms with Gasteiger partial charge >= 0.3 is 6.03 Å². The molecule has 8 heteroatoms. The minimum Gasteiger partial charge on any atom is -0.350 e. The number of aromatic nitrogens is 2. The number of imidazole rings is 1. The number of urea groups is 1. The SMILES string of the molecule is CCCNC(=O)Nc1ccc(CC(=O)NCc2cn3cc(Br)ccc3n2)cc1. The van der Waals surface area contributed by atoms with Crippen LogP contribution in [0.5, 0.6) is 0 Å². The molecule has 0 aliphatic carbocycles. The molecule has 2 aromatic heterocycles. The average molecular weight is 444 g/mol. The van der Waals surface area contributed by atoms with Crippen molar-refractivity contribution in [2.75, 3.05) is 11.9 Å². The number of fused-ring (bicyclic) bond motifs is 1. The van der Waals surface area contributed by atoms with Gasteiger partial charge in [0.1, 0.15) is 5.65 Å². The molecule has 3 rings (SSSR count). The Morgan fingerprint density at radius 2 is 1.86 bits per heavy atom. The number of hydrogen-bond acceptors (Lipinski definition) is 3. The Hall–Kier alpha value is -2.87. The van der Waals surface area contributed by atoms with Gasteiger partial charge < -0.3 is 20.4 Å². The molecular formula is C20H22BrN5O2. The minimum absolute atomic E-state index is 0.0837. The van der Waals surface area contributed by atoms with Gasteiger partial charge in [0, 0.05) is 29.1 Å². The lowest BCUT2D eigenvalue weighted by molar-refractivity contribution is -0.120. The first-order valence-corrected chi connectivity index (χ1v) is 9.86. The fourth-order valence-corrected chi connectivity index (χ4v) is 3.01. The van der Waals surface area contributed by atoms with Gasteiger partial charge in [0.05, 0.1) is 18.7 Å². The van der Waals surface area contributed by atoms with Crippen LogP contribution in [0.2, 0.25) is 0 Å².